The molecular formula is C10H21NO2. The molecule has 13 heavy (non-hydrogen) atoms. The molecule has 0 amide bonds. The minimum Gasteiger partial charge on any atom is -0.396 e. The molecule has 3 nitrogen and oxygen atoms in total. The Bertz CT molecular complexity index is 145. The van der Waals surface area contributed by atoms with Crippen molar-refractivity contribution in [1.82, 2.24) is 0 Å². The first kappa shape index (κ1) is 11.0. The molecule has 0 heterocycles. The number of hydrogen-bond donors (Lipinski definition) is 2. The average molecular weight is 187 g/mol. The van der Waals surface area contributed by atoms with Crippen molar-refractivity contribution in [2.45, 2.75) is 32.2 Å². The Morgan fingerprint density at radius 2 is 2.23 bits per heavy atom. The summed E-state index contributed by atoms with van der Waals surface area (Å²) in [6.07, 6.45) is 3.25. The first-order valence-electron chi connectivity index (χ1n) is 5.02. The van der Waals surface area contributed by atoms with Crippen LogP contribution in [0.4, 0.5) is 0 Å². The number of hydrogen-bond acceptors (Lipinski definition) is 3. The van der Waals surface area contributed by atoms with Gasteiger partial charge >= 0.3 is 0 Å². The smallest absolute Gasteiger partial charge is 0.0536 e. The van der Waals surface area contributed by atoms with E-state index < -0.39 is 0 Å². The molecule has 0 saturated heterocycles. The van der Waals surface area contributed by atoms with Gasteiger partial charge in [0.05, 0.1) is 6.61 Å². The van der Waals surface area contributed by atoms with Crippen molar-refractivity contribution in [2.75, 3.05) is 20.3 Å². The Kier molecular flexibility index (Phi) is 3.71. The van der Waals surface area contributed by atoms with Crippen LogP contribution in [0.1, 0.15) is 26.2 Å². The lowest BCUT2D eigenvalue weighted by Crippen LogP contribution is -2.45. The Morgan fingerprint density at radius 1 is 1.62 bits per heavy atom. The van der Waals surface area contributed by atoms with Gasteiger partial charge in [-0.3, -0.25) is 0 Å². The van der Waals surface area contributed by atoms with Crippen molar-refractivity contribution in [3.05, 3.63) is 0 Å². The third kappa shape index (κ3) is 2.22. The summed E-state index contributed by atoms with van der Waals surface area (Å²) in [7, 11) is 1.71. The number of aliphatic hydroxyl groups is 1. The summed E-state index contributed by atoms with van der Waals surface area (Å²) in [5.41, 5.74) is 6.01. The highest BCUT2D eigenvalue weighted by Crippen LogP contribution is 2.49. The van der Waals surface area contributed by atoms with E-state index in [0.29, 0.717) is 12.5 Å². The average Bonchev–Trinajstić information content (AvgIpc) is 2.85. The molecular weight excluding hydrogens is 166 g/mol. The van der Waals surface area contributed by atoms with Crippen molar-refractivity contribution in [3.63, 3.8) is 0 Å². The van der Waals surface area contributed by atoms with Gasteiger partial charge in [-0.15, -0.1) is 0 Å². The lowest BCUT2D eigenvalue weighted by molar-refractivity contribution is 0.0239. The Hall–Kier alpha value is -0.120. The molecule has 78 valence electrons. The predicted octanol–water partition coefficient (Wildman–Crippen LogP) is 0.759. The van der Waals surface area contributed by atoms with Crippen molar-refractivity contribution in [1.29, 1.82) is 0 Å². The molecule has 2 atom stereocenters. The number of aliphatic hydroxyl groups excluding tert-OH is 1. The Balaban J connectivity index is 2.66. The molecule has 1 saturated carbocycles. The van der Waals surface area contributed by atoms with Crippen molar-refractivity contribution < 1.29 is 9.84 Å². The van der Waals surface area contributed by atoms with E-state index in [2.05, 4.69) is 0 Å². The molecule has 0 spiro atoms. The molecule has 1 rings (SSSR count). The van der Waals surface area contributed by atoms with Gasteiger partial charge in [0.25, 0.3) is 0 Å². The van der Waals surface area contributed by atoms with Crippen LogP contribution >= 0.6 is 0 Å². The summed E-state index contributed by atoms with van der Waals surface area (Å²) in [4.78, 5) is 0. The van der Waals surface area contributed by atoms with Gasteiger partial charge in [0.15, 0.2) is 0 Å². The van der Waals surface area contributed by atoms with E-state index in [0.717, 1.165) is 6.42 Å². The summed E-state index contributed by atoms with van der Waals surface area (Å²) in [5, 5.41) is 9.04. The zero-order valence-corrected chi connectivity index (χ0v) is 8.62. The van der Waals surface area contributed by atoms with Gasteiger partial charge in [0, 0.05) is 25.2 Å². The third-order valence-corrected chi connectivity index (χ3v) is 3.29. The molecule has 1 aliphatic carbocycles. The molecule has 0 radical (unpaired) electrons. The summed E-state index contributed by atoms with van der Waals surface area (Å²) in [5.74, 6) is 0.666. The molecule has 2 unspecified atom stereocenters. The van der Waals surface area contributed by atoms with Crippen LogP contribution in [0.5, 0.6) is 0 Å². The van der Waals surface area contributed by atoms with Crippen LogP contribution in [0.2, 0.25) is 0 Å². The first-order chi connectivity index (χ1) is 6.17. The van der Waals surface area contributed by atoms with Gasteiger partial charge in [0.2, 0.25) is 0 Å². The minimum absolute atomic E-state index is 0.0174. The molecule has 3 heteroatoms. The van der Waals surface area contributed by atoms with Crippen molar-refractivity contribution in [2.24, 2.45) is 17.1 Å². The lowest BCUT2D eigenvalue weighted by atomic mass is 9.74. The number of nitrogens with two attached hydrogens (primary N) is 1. The lowest BCUT2D eigenvalue weighted by Gasteiger charge is -2.36. The Morgan fingerprint density at radius 3 is 2.54 bits per heavy atom. The van der Waals surface area contributed by atoms with E-state index in [1.165, 1.54) is 12.8 Å². The molecule has 0 bridgehead atoms. The second kappa shape index (κ2) is 4.40. The molecule has 1 fully saturated rings. The van der Waals surface area contributed by atoms with Gasteiger partial charge in [-0.2, -0.15) is 0 Å². The number of ether oxygens (including phenoxy) is 1. The van der Waals surface area contributed by atoms with E-state index in [9.17, 15) is 0 Å². The molecule has 3 N–H and O–H groups in total. The molecule has 0 aromatic carbocycles. The van der Waals surface area contributed by atoms with Gasteiger partial charge < -0.3 is 15.6 Å². The van der Waals surface area contributed by atoms with Gasteiger partial charge in [-0.25, -0.2) is 0 Å². The maximum absolute atomic E-state index is 9.04. The zero-order chi connectivity index (χ0) is 9.90. The largest absolute Gasteiger partial charge is 0.396 e. The zero-order valence-electron chi connectivity index (χ0n) is 8.62. The fourth-order valence-corrected chi connectivity index (χ4v) is 2.26. The normalized spacial score (nSPS) is 24.0. The quantitative estimate of drug-likeness (QED) is 0.645. The highest BCUT2D eigenvalue weighted by molar-refractivity contribution is 4.98. The van der Waals surface area contributed by atoms with Gasteiger partial charge in [-0.05, 0) is 32.1 Å². The molecule has 0 aromatic heterocycles. The second-order valence-electron chi connectivity index (χ2n) is 4.20. The van der Waals surface area contributed by atoms with Crippen LogP contribution in [0, 0.1) is 11.3 Å². The second-order valence-corrected chi connectivity index (χ2v) is 4.20. The van der Waals surface area contributed by atoms with Crippen LogP contribution < -0.4 is 5.73 Å². The molecule has 1 aliphatic rings. The van der Waals surface area contributed by atoms with E-state index in [-0.39, 0.29) is 18.1 Å². The number of methoxy groups -OCH3 is 1. The van der Waals surface area contributed by atoms with Gasteiger partial charge in [0.1, 0.15) is 0 Å². The first-order valence-corrected chi connectivity index (χ1v) is 5.02. The summed E-state index contributed by atoms with van der Waals surface area (Å²) >= 11 is 0. The highest BCUT2D eigenvalue weighted by Gasteiger charge is 2.47. The maximum Gasteiger partial charge on any atom is 0.0536 e. The van der Waals surface area contributed by atoms with Crippen LogP contribution in [-0.2, 0) is 4.74 Å². The fraction of sp³-hybridized carbons (Fsp3) is 1.00. The SMILES string of the molecule is COCC(CCO)(C(C)N)C1CC1. The summed E-state index contributed by atoms with van der Waals surface area (Å²) in [6.45, 7) is 2.91. The fourth-order valence-electron chi connectivity index (χ4n) is 2.26. The highest BCUT2D eigenvalue weighted by atomic mass is 16.5. The van der Waals surface area contributed by atoms with Crippen LogP contribution in [0.3, 0.4) is 0 Å². The monoisotopic (exact) mass is 187 g/mol. The van der Waals surface area contributed by atoms with Crippen molar-refractivity contribution in [3.8, 4) is 0 Å². The molecule has 0 aliphatic heterocycles. The maximum atomic E-state index is 9.04. The molecule has 0 aromatic rings. The standard InChI is InChI=1S/C10H21NO2/c1-8(11)10(5-6-12,7-13-2)9-3-4-9/h8-9,12H,3-7,11H2,1-2H3. The topological polar surface area (TPSA) is 55.5 Å². The van der Waals surface area contributed by atoms with E-state index >= 15 is 0 Å². The van der Waals surface area contributed by atoms with E-state index in [1.54, 1.807) is 7.11 Å². The van der Waals surface area contributed by atoms with Gasteiger partial charge in [-0.1, -0.05) is 0 Å². The third-order valence-electron chi connectivity index (χ3n) is 3.29. The number of rotatable bonds is 6. The van der Waals surface area contributed by atoms with E-state index in [1.807, 2.05) is 6.92 Å². The summed E-state index contributed by atoms with van der Waals surface area (Å²) in [6, 6.07) is 0.104. The van der Waals surface area contributed by atoms with E-state index in [4.69, 9.17) is 15.6 Å². The Labute approximate surface area is 80.3 Å². The van der Waals surface area contributed by atoms with Crippen LogP contribution in [0.15, 0.2) is 0 Å². The summed E-state index contributed by atoms with van der Waals surface area (Å²) < 4.78 is 5.23. The predicted molar refractivity (Wildman–Crippen MR) is 52.4 cm³/mol. The van der Waals surface area contributed by atoms with Crippen LogP contribution in [0.25, 0.3) is 0 Å². The van der Waals surface area contributed by atoms with Crippen LogP contribution in [-0.4, -0.2) is 31.5 Å². The minimum atomic E-state index is 0.0174. The van der Waals surface area contributed by atoms with Crippen molar-refractivity contribution >= 4 is 0 Å².